The lowest BCUT2D eigenvalue weighted by Gasteiger charge is -2.10. The lowest BCUT2D eigenvalue weighted by Crippen LogP contribution is -2.08. The van der Waals surface area contributed by atoms with Gasteiger partial charge >= 0.3 is 0 Å². The van der Waals surface area contributed by atoms with Gasteiger partial charge in [-0.1, -0.05) is 0 Å². The second kappa shape index (κ2) is 5.36. The van der Waals surface area contributed by atoms with Crippen LogP contribution in [-0.4, -0.2) is 9.97 Å². The number of nitrogens with two attached hydrogens (primary N) is 1. The average Bonchev–Trinajstić information content (AvgIpc) is 2.35. The van der Waals surface area contributed by atoms with Crippen LogP contribution >= 0.6 is 11.6 Å². The van der Waals surface area contributed by atoms with Gasteiger partial charge in [0.25, 0.3) is 0 Å². The van der Waals surface area contributed by atoms with Crippen molar-refractivity contribution in [3.8, 4) is 0 Å². The molecule has 2 rings (SSSR count). The van der Waals surface area contributed by atoms with Gasteiger partial charge in [0, 0.05) is 12.1 Å². The van der Waals surface area contributed by atoms with Gasteiger partial charge in [0.1, 0.15) is 11.6 Å². The molecule has 2 aromatic rings. The van der Waals surface area contributed by atoms with Crippen molar-refractivity contribution in [2.24, 2.45) is 0 Å². The molecule has 0 fully saturated rings. The molecule has 0 unspecified atom stereocenters. The minimum atomic E-state index is -0.511. The fourth-order valence-corrected chi connectivity index (χ4v) is 1.75. The highest BCUT2D eigenvalue weighted by Gasteiger charge is 2.09. The monoisotopic (exact) mass is 284 g/mol. The molecule has 3 N–H and O–H groups in total. The van der Waals surface area contributed by atoms with Gasteiger partial charge in [0.15, 0.2) is 5.82 Å². The largest absolute Gasteiger partial charge is 0.394 e. The zero-order valence-electron chi connectivity index (χ0n) is 10.0. The van der Waals surface area contributed by atoms with Crippen LogP contribution in [0.2, 0.25) is 5.28 Å². The van der Waals surface area contributed by atoms with E-state index in [9.17, 15) is 8.78 Å². The van der Waals surface area contributed by atoms with E-state index in [0.717, 1.165) is 18.2 Å². The van der Waals surface area contributed by atoms with Crippen molar-refractivity contribution in [1.82, 2.24) is 9.97 Å². The van der Waals surface area contributed by atoms with Crippen LogP contribution in [0.25, 0.3) is 0 Å². The van der Waals surface area contributed by atoms with Gasteiger partial charge in [0.05, 0.1) is 11.4 Å². The number of nitrogens with zero attached hydrogens (tertiary/aromatic N) is 2. The molecule has 0 saturated carbocycles. The van der Waals surface area contributed by atoms with E-state index < -0.39 is 11.6 Å². The van der Waals surface area contributed by atoms with Crippen LogP contribution in [0.15, 0.2) is 18.2 Å². The number of benzene rings is 1. The average molecular weight is 285 g/mol. The Morgan fingerprint density at radius 1 is 1.32 bits per heavy atom. The molecule has 0 bridgehead atoms. The number of nitrogen functional groups attached to an aromatic ring is 1. The van der Waals surface area contributed by atoms with Crippen molar-refractivity contribution in [2.45, 2.75) is 13.5 Å². The normalized spacial score (nSPS) is 10.5. The van der Waals surface area contributed by atoms with E-state index >= 15 is 0 Å². The number of nitrogens with one attached hydrogen (secondary N) is 1. The van der Waals surface area contributed by atoms with Gasteiger partial charge in [-0.15, -0.1) is 0 Å². The van der Waals surface area contributed by atoms with Gasteiger partial charge in [-0.2, -0.15) is 4.98 Å². The molecule has 0 amide bonds. The third kappa shape index (κ3) is 3.08. The number of hydrogen-bond acceptors (Lipinski definition) is 4. The van der Waals surface area contributed by atoms with E-state index in [1.807, 2.05) is 0 Å². The third-order valence-corrected chi connectivity index (χ3v) is 2.73. The molecule has 0 saturated heterocycles. The summed E-state index contributed by atoms with van der Waals surface area (Å²) in [5, 5.41) is 2.85. The predicted octanol–water partition coefficient (Wildman–Crippen LogP) is 2.91. The smallest absolute Gasteiger partial charge is 0.224 e. The first-order chi connectivity index (χ1) is 8.97. The minimum Gasteiger partial charge on any atom is -0.394 e. The molecule has 0 aliphatic rings. The first-order valence-electron chi connectivity index (χ1n) is 5.45. The predicted molar refractivity (Wildman–Crippen MR) is 69.9 cm³/mol. The molecule has 0 atom stereocenters. The summed E-state index contributed by atoms with van der Waals surface area (Å²) in [6.45, 7) is 1.72. The van der Waals surface area contributed by atoms with Crippen LogP contribution in [-0.2, 0) is 6.54 Å². The number of halogens is 3. The lowest BCUT2D eigenvalue weighted by molar-refractivity contribution is 0.587. The molecule has 0 aliphatic carbocycles. The number of aromatic nitrogens is 2. The maximum atomic E-state index is 13.4. The summed E-state index contributed by atoms with van der Waals surface area (Å²) in [6.07, 6.45) is 0. The zero-order valence-corrected chi connectivity index (χ0v) is 10.8. The molecule has 4 nitrogen and oxygen atoms in total. The summed E-state index contributed by atoms with van der Waals surface area (Å²) < 4.78 is 26.4. The van der Waals surface area contributed by atoms with Gasteiger partial charge < -0.3 is 11.1 Å². The second-order valence-corrected chi connectivity index (χ2v) is 4.27. The standard InChI is InChI=1S/C12H11ClF2N4/c1-6-10(16)11(19-12(13)18-6)17-5-7-4-8(14)2-3-9(7)15/h2-4H,5,16H2,1H3,(H,17,18,19). The van der Waals surface area contributed by atoms with Crippen LogP contribution in [0.3, 0.4) is 0 Å². The Kier molecular flexibility index (Phi) is 3.80. The molecule has 100 valence electrons. The van der Waals surface area contributed by atoms with Crippen molar-refractivity contribution in [3.05, 3.63) is 46.4 Å². The lowest BCUT2D eigenvalue weighted by atomic mass is 10.2. The van der Waals surface area contributed by atoms with Crippen molar-refractivity contribution in [1.29, 1.82) is 0 Å². The van der Waals surface area contributed by atoms with E-state index in [4.69, 9.17) is 17.3 Å². The molecule has 0 spiro atoms. The maximum Gasteiger partial charge on any atom is 0.224 e. The van der Waals surface area contributed by atoms with Crippen LogP contribution in [0, 0.1) is 18.6 Å². The Hall–Kier alpha value is -1.95. The molecule has 1 aromatic heterocycles. The van der Waals surface area contributed by atoms with Gasteiger partial charge in [-0.05, 0) is 36.7 Å². The highest BCUT2D eigenvalue weighted by atomic mass is 35.5. The number of hydrogen-bond donors (Lipinski definition) is 2. The van der Waals surface area contributed by atoms with E-state index in [-0.39, 0.29) is 17.4 Å². The van der Waals surface area contributed by atoms with Crippen molar-refractivity contribution in [2.75, 3.05) is 11.1 Å². The summed E-state index contributed by atoms with van der Waals surface area (Å²) in [6, 6.07) is 3.22. The highest BCUT2D eigenvalue weighted by Crippen LogP contribution is 2.21. The van der Waals surface area contributed by atoms with E-state index in [2.05, 4.69) is 15.3 Å². The number of rotatable bonds is 3. The second-order valence-electron chi connectivity index (χ2n) is 3.93. The minimum absolute atomic E-state index is 0.0360. The number of anilines is 2. The highest BCUT2D eigenvalue weighted by molar-refractivity contribution is 6.28. The Balaban J connectivity index is 2.21. The van der Waals surface area contributed by atoms with E-state index in [1.165, 1.54) is 0 Å². The molecular formula is C12H11ClF2N4. The SMILES string of the molecule is Cc1nc(Cl)nc(NCc2cc(F)ccc2F)c1N. The quantitative estimate of drug-likeness (QED) is 0.851. The summed E-state index contributed by atoms with van der Waals surface area (Å²) in [5.74, 6) is -0.728. The fraction of sp³-hybridized carbons (Fsp3) is 0.167. The summed E-state index contributed by atoms with van der Waals surface area (Å²) in [7, 11) is 0. The third-order valence-electron chi connectivity index (χ3n) is 2.56. The van der Waals surface area contributed by atoms with E-state index in [1.54, 1.807) is 6.92 Å². The van der Waals surface area contributed by atoms with Crippen LogP contribution in [0.1, 0.15) is 11.3 Å². The fourth-order valence-electron chi connectivity index (χ4n) is 1.54. The van der Waals surface area contributed by atoms with Crippen molar-refractivity contribution < 1.29 is 8.78 Å². The van der Waals surface area contributed by atoms with Gasteiger partial charge in [-0.25, -0.2) is 13.8 Å². The first-order valence-corrected chi connectivity index (χ1v) is 5.82. The Morgan fingerprint density at radius 2 is 2.05 bits per heavy atom. The first kappa shape index (κ1) is 13.5. The molecule has 1 aromatic carbocycles. The Bertz CT molecular complexity index is 619. The van der Waals surface area contributed by atoms with Crippen LogP contribution < -0.4 is 11.1 Å². The molecule has 0 aliphatic heterocycles. The van der Waals surface area contributed by atoms with Gasteiger partial charge in [0.2, 0.25) is 5.28 Å². The molecule has 7 heteroatoms. The zero-order chi connectivity index (χ0) is 14.0. The summed E-state index contributed by atoms with van der Waals surface area (Å²) in [5.41, 5.74) is 6.78. The summed E-state index contributed by atoms with van der Waals surface area (Å²) >= 11 is 5.71. The van der Waals surface area contributed by atoms with Gasteiger partial charge in [-0.3, -0.25) is 0 Å². The Morgan fingerprint density at radius 3 is 2.79 bits per heavy atom. The molecule has 0 radical (unpaired) electrons. The molecular weight excluding hydrogens is 274 g/mol. The van der Waals surface area contributed by atoms with Crippen molar-refractivity contribution >= 4 is 23.1 Å². The van der Waals surface area contributed by atoms with E-state index in [0.29, 0.717) is 17.2 Å². The molecule has 1 heterocycles. The maximum absolute atomic E-state index is 13.4. The van der Waals surface area contributed by atoms with Crippen molar-refractivity contribution in [3.63, 3.8) is 0 Å². The topological polar surface area (TPSA) is 63.8 Å². The Labute approximate surface area is 113 Å². The van der Waals surface area contributed by atoms with Crippen LogP contribution in [0.4, 0.5) is 20.3 Å². The summed E-state index contributed by atoms with van der Waals surface area (Å²) in [4.78, 5) is 7.78. The number of aryl methyl sites for hydroxylation is 1. The molecule has 19 heavy (non-hydrogen) atoms. The van der Waals surface area contributed by atoms with Crippen LogP contribution in [0.5, 0.6) is 0 Å².